The van der Waals surface area contributed by atoms with E-state index in [9.17, 15) is 4.79 Å². The molecule has 0 saturated carbocycles. The standard InChI is InChI=1S/C16H26O3/c1-19-16(18)14-12-10-8-6-4-2-3-5-7-9-11-13-15-17/h2,4-5,7,11,13,17H,3,6,8-10,12,14-15H2,1H3. The summed E-state index contributed by atoms with van der Waals surface area (Å²) in [5.74, 6) is -0.115. The van der Waals surface area contributed by atoms with Crippen LogP contribution in [-0.4, -0.2) is 24.8 Å². The lowest BCUT2D eigenvalue weighted by molar-refractivity contribution is -0.140. The summed E-state index contributed by atoms with van der Waals surface area (Å²) in [6, 6.07) is 0. The summed E-state index contributed by atoms with van der Waals surface area (Å²) in [6.07, 6.45) is 18.8. The quantitative estimate of drug-likeness (QED) is 0.353. The molecule has 0 aromatic heterocycles. The third kappa shape index (κ3) is 14.6. The Kier molecular flexibility index (Phi) is 13.7. The fourth-order valence-corrected chi connectivity index (χ4v) is 1.54. The Balaban J connectivity index is 3.30. The first-order chi connectivity index (χ1) is 9.31. The molecule has 0 aliphatic heterocycles. The van der Waals surface area contributed by atoms with E-state index in [1.807, 2.05) is 6.08 Å². The summed E-state index contributed by atoms with van der Waals surface area (Å²) in [6.45, 7) is 0.115. The summed E-state index contributed by atoms with van der Waals surface area (Å²) in [7, 11) is 1.43. The van der Waals surface area contributed by atoms with Gasteiger partial charge in [0.1, 0.15) is 0 Å². The Labute approximate surface area is 116 Å². The summed E-state index contributed by atoms with van der Waals surface area (Å²) >= 11 is 0. The van der Waals surface area contributed by atoms with Gasteiger partial charge in [0.2, 0.25) is 0 Å². The van der Waals surface area contributed by atoms with Crippen molar-refractivity contribution in [1.29, 1.82) is 0 Å². The molecule has 0 atom stereocenters. The molecule has 0 aromatic carbocycles. The van der Waals surface area contributed by atoms with Gasteiger partial charge in [0.15, 0.2) is 0 Å². The highest BCUT2D eigenvalue weighted by atomic mass is 16.5. The zero-order valence-electron chi connectivity index (χ0n) is 11.9. The number of rotatable bonds is 11. The van der Waals surface area contributed by atoms with Crippen LogP contribution in [0.1, 0.15) is 44.9 Å². The minimum absolute atomic E-state index is 0.115. The molecule has 0 amide bonds. The molecule has 0 fully saturated rings. The fourth-order valence-electron chi connectivity index (χ4n) is 1.54. The van der Waals surface area contributed by atoms with Gasteiger partial charge in [-0.3, -0.25) is 4.79 Å². The molecule has 19 heavy (non-hydrogen) atoms. The minimum atomic E-state index is -0.115. The van der Waals surface area contributed by atoms with E-state index in [1.54, 1.807) is 6.08 Å². The summed E-state index contributed by atoms with van der Waals surface area (Å²) in [4.78, 5) is 10.9. The van der Waals surface area contributed by atoms with Gasteiger partial charge in [-0.05, 0) is 32.1 Å². The Morgan fingerprint density at radius 2 is 1.58 bits per heavy atom. The predicted octanol–water partition coefficient (Wildman–Crippen LogP) is 3.55. The average molecular weight is 266 g/mol. The summed E-state index contributed by atoms with van der Waals surface area (Å²) in [5, 5.41) is 8.52. The molecular formula is C16H26O3. The van der Waals surface area contributed by atoms with Gasteiger partial charge in [-0.2, -0.15) is 0 Å². The van der Waals surface area contributed by atoms with Crippen LogP contribution in [0.5, 0.6) is 0 Å². The van der Waals surface area contributed by atoms with Gasteiger partial charge in [0.05, 0.1) is 13.7 Å². The van der Waals surface area contributed by atoms with E-state index < -0.39 is 0 Å². The Morgan fingerprint density at radius 1 is 0.947 bits per heavy atom. The smallest absolute Gasteiger partial charge is 0.305 e. The maximum atomic E-state index is 10.9. The van der Waals surface area contributed by atoms with Gasteiger partial charge in [-0.1, -0.05) is 42.9 Å². The minimum Gasteiger partial charge on any atom is -0.469 e. The lowest BCUT2D eigenvalue weighted by atomic mass is 10.1. The van der Waals surface area contributed by atoms with Crippen molar-refractivity contribution in [3.05, 3.63) is 36.5 Å². The number of allylic oxidation sites excluding steroid dienone is 5. The maximum Gasteiger partial charge on any atom is 0.305 e. The van der Waals surface area contributed by atoms with Crippen LogP contribution in [-0.2, 0) is 9.53 Å². The summed E-state index contributed by atoms with van der Waals surface area (Å²) < 4.78 is 4.58. The maximum absolute atomic E-state index is 10.9. The van der Waals surface area contributed by atoms with Crippen LogP contribution in [0.3, 0.4) is 0 Å². The molecule has 0 rings (SSSR count). The fraction of sp³-hybridized carbons (Fsp3) is 0.562. The largest absolute Gasteiger partial charge is 0.469 e. The van der Waals surface area contributed by atoms with E-state index in [-0.39, 0.29) is 12.6 Å². The van der Waals surface area contributed by atoms with Gasteiger partial charge in [0, 0.05) is 6.42 Å². The Hall–Kier alpha value is -1.35. The van der Waals surface area contributed by atoms with Crippen molar-refractivity contribution in [2.45, 2.75) is 44.9 Å². The lowest BCUT2D eigenvalue weighted by Crippen LogP contribution is -1.98. The molecule has 0 unspecified atom stereocenters. The number of methoxy groups -OCH3 is 1. The molecule has 0 heterocycles. The number of aliphatic hydroxyl groups is 1. The van der Waals surface area contributed by atoms with Crippen molar-refractivity contribution in [3.8, 4) is 0 Å². The highest BCUT2D eigenvalue weighted by Crippen LogP contribution is 2.04. The van der Waals surface area contributed by atoms with Crippen molar-refractivity contribution in [3.63, 3.8) is 0 Å². The van der Waals surface area contributed by atoms with Crippen LogP contribution in [0.25, 0.3) is 0 Å². The van der Waals surface area contributed by atoms with Gasteiger partial charge in [0.25, 0.3) is 0 Å². The van der Waals surface area contributed by atoms with Gasteiger partial charge >= 0.3 is 5.97 Å². The number of hydrogen-bond acceptors (Lipinski definition) is 3. The highest BCUT2D eigenvalue weighted by Gasteiger charge is 1.97. The average Bonchev–Trinajstić information content (AvgIpc) is 2.43. The molecule has 3 nitrogen and oxygen atoms in total. The van der Waals surface area contributed by atoms with E-state index in [1.165, 1.54) is 7.11 Å². The first-order valence-corrected chi connectivity index (χ1v) is 6.94. The number of carbonyl (C=O) groups is 1. The molecule has 108 valence electrons. The number of ether oxygens (including phenoxy) is 1. The molecule has 0 aliphatic rings. The topological polar surface area (TPSA) is 46.5 Å². The molecule has 0 saturated heterocycles. The van der Waals surface area contributed by atoms with E-state index >= 15 is 0 Å². The number of esters is 1. The van der Waals surface area contributed by atoms with E-state index in [4.69, 9.17) is 5.11 Å². The van der Waals surface area contributed by atoms with Crippen LogP contribution in [0.2, 0.25) is 0 Å². The van der Waals surface area contributed by atoms with Crippen LogP contribution in [0.15, 0.2) is 36.5 Å². The normalized spacial score (nSPS) is 11.9. The Bertz CT molecular complexity index is 290. The molecule has 3 heteroatoms. The van der Waals surface area contributed by atoms with Crippen molar-refractivity contribution in [2.75, 3.05) is 13.7 Å². The first kappa shape index (κ1) is 17.6. The van der Waals surface area contributed by atoms with Crippen LogP contribution >= 0.6 is 0 Å². The van der Waals surface area contributed by atoms with Crippen molar-refractivity contribution in [1.82, 2.24) is 0 Å². The first-order valence-electron chi connectivity index (χ1n) is 6.94. The molecule has 0 radical (unpaired) electrons. The van der Waals surface area contributed by atoms with Gasteiger partial charge in [-0.25, -0.2) is 0 Å². The molecule has 0 aromatic rings. The number of carbonyl (C=O) groups excluding carboxylic acids is 1. The Morgan fingerprint density at radius 3 is 2.21 bits per heavy atom. The van der Waals surface area contributed by atoms with Crippen LogP contribution < -0.4 is 0 Å². The van der Waals surface area contributed by atoms with Crippen molar-refractivity contribution < 1.29 is 14.6 Å². The van der Waals surface area contributed by atoms with Gasteiger partial charge < -0.3 is 9.84 Å². The second-order valence-corrected chi connectivity index (χ2v) is 4.24. The monoisotopic (exact) mass is 266 g/mol. The van der Waals surface area contributed by atoms with Crippen molar-refractivity contribution in [2.24, 2.45) is 0 Å². The number of unbranched alkanes of at least 4 members (excludes halogenated alkanes) is 3. The molecule has 0 spiro atoms. The summed E-state index contributed by atoms with van der Waals surface area (Å²) in [5.41, 5.74) is 0. The van der Waals surface area contributed by atoms with E-state index in [0.717, 1.165) is 38.5 Å². The molecule has 0 aliphatic carbocycles. The van der Waals surface area contributed by atoms with Crippen molar-refractivity contribution >= 4 is 5.97 Å². The van der Waals surface area contributed by atoms with Crippen LogP contribution in [0, 0.1) is 0 Å². The molecule has 1 N–H and O–H groups in total. The van der Waals surface area contributed by atoms with E-state index in [0.29, 0.717) is 6.42 Å². The van der Waals surface area contributed by atoms with Gasteiger partial charge in [-0.15, -0.1) is 0 Å². The zero-order valence-corrected chi connectivity index (χ0v) is 11.9. The SMILES string of the molecule is COC(=O)CCCCCC=CCC=CCC=CCO. The van der Waals surface area contributed by atoms with E-state index in [2.05, 4.69) is 29.0 Å². The second-order valence-electron chi connectivity index (χ2n) is 4.24. The third-order valence-corrected chi connectivity index (χ3v) is 2.63. The zero-order chi connectivity index (χ0) is 14.2. The highest BCUT2D eigenvalue weighted by molar-refractivity contribution is 5.68. The third-order valence-electron chi connectivity index (χ3n) is 2.63. The van der Waals surface area contributed by atoms with Crippen LogP contribution in [0.4, 0.5) is 0 Å². The number of hydrogen-bond donors (Lipinski definition) is 1. The lowest BCUT2D eigenvalue weighted by Gasteiger charge is -1.98. The molecule has 0 bridgehead atoms. The second kappa shape index (κ2) is 14.7. The predicted molar refractivity (Wildman–Crippen MR) is 78.8 cm³/mol. The number of aliphatic hydroxyl groups excluding tert-OH is 1. The molecular weight excluding hydrogens is 240 g/mol.